The third kappa shape index (κ3) is 3.17. The van der Waals surface area contributed by atoms with Gasteiger partial charge in [-0.05, 0) is 48.4 Å². The number of hydrogen-bond acceptors (Lipinski definition) is 4. The minimum atomic E-state index is -0.916. The molecule has 2 heterocycles. The molecule has 0 saturated heterocycles. The number of thiophene rings is 1. The summed E-state index contributed by atoms with van der Waals surface area (Å²) < 4.78 is 5.03. The molecule has 6 heteroatoms. The highest BCUT2D eigenvalue weighted by molar-refractivity contribution is 7.17. The van der Waals surface area contributed by atoms with E-state index in [1.165, 1.54) is 17.6 Å². The van der Waals surface area contributed by atoms with Crippen LogP contribution in [0, 0.1) is 6.92 Å². The van der Waals surface area contributed by atoms with Crippen molar-refractivity contribution in [3.63, 3.8) is 0 Å². The van der Waals surface area contributed by atoms with Crippen LogP contribution in [0.1, 0.15) is 25.8 Å². The lowest BCUT2D eigenvalue weighted by Crippen LogP contribution is -2.10. The van der Waals surface area contributed by atoms with E-state index in [4.69, 9.17) is 9.52 Å². The van der Waals surface area contributed by atoms with Gasteiger partial charge in [-0.2, -0.15) is 0 Å². The summed E-state index contributed by atoms with van der Waals surface area (Å²) in [5.41, 5.74) is 2.29. The molecular weight excluding hydrogens is 314 g/mol. The number of benzene rings is 1. The van der Waals surface area contributed by atoms with E-state index < -0.39 is 5.97 Å². The molecule has 1 amide bonds. The van der Waals surface area contributed by atoms with E-state index in [1.807, 2.05) is 18.2 Å². The molecule has 0 saturated carbocycles. The summed E-state index contributed by atoms with van der Waals surface area (Å²) in [6.45, 7) is 1.78. The van der Waals surface area contributed by atoms with Gasteiger partial charge in [0.1, 0.15) is 4.88 Å². The fourth-order valence-electron chi connectivity index (χ4n) is 2.15. The summed E-state index contributed by atoms with van der Waals surface area (Å²) in [5.74, 6) is -0.988. The van der Waals surface area contributed by atoms with Crippen LogP contribution in [0.15, 0.2) is 53.1 Å². The molecule has 0 atom stereocenters. The zero-order valence-electron chi connectivity index (χ0n) is 12.2. The molecule has 2 N–H and O–H groups in total. The standard InChI is InChI=1S/C17H13NO4S/c1-10-9-14(23-15(10)17(20)21)11-4-6-12(7-5-11)18-16(19)13-3-2-8-22-13/h2-9H,1H3,(H,18,19)(H,20,21). The van der Waals surface area contributed by atoms with Crippen molar-refractivity contribution in [1.82, 2.24) is 0 Å². The van der Waals surface area contributed by atoms with Crippen LogP contribution in [0.3, 0.4) is 0 Å². The number of hydrogen-bond donors (Lipinski definition) is 2. The molecule has 5 nitrogen and oxygen atoms in total. The van der Waals surface area contributed by atoms with Gasteiger partial charge in [-0.3, -0.25) is 4.79 Å². The highest BCUT2D eigenvalue weighted by Crippen LogP contribution is 2.32. The van der Waals surface area contributed by atoms with Gasteiger partial charge in [0.15, 0.2) is 5.76 Å². The summed E-state index contributed by atoms with van der Waals surface area (Å²) in [4.78, 5) is 24.2. The van der Waals surface area contributed by atoms with Gasteiger partial charge < -0.3 is 14.8 Å². The molecule has 2 aromatic heterocycles. The largest absolute Gasteiger partial charge is 0.477 e. The molecule has 0 radical (unpaired) electrons. The Balaban J connectivity index is 1.78. The van der Waals surface area contributed by atoms with E-state index in [0.29, 0.717) is 10.6 Å². The summed E-state index contributed by atoms with van der Waals surface area (Å²) in [7, 11) is 0. The number of aryl methyl sites for hydroxylation is 1. The minimum Gasteiger partial charge on any atom is -0.477 e. The Morgan fingerprint density at radius 3 is 2.48 bits per heavy atom. The van der Waals surface area contributed by atoms with Crippen molar-refractivity contribution in [2.24, 2.45) is 0 Å². The lowest BCUT2D eigenvalue weighted by atomic mass is 10.1. The Bertz CT molecular complexity index is 847. The quantitative estimate of drug-likeness (QED) is 0.750. The summed E-state index contributed by atoms with van der Waals surface area (Å²) in [6.07, 6.45) is 1.44. The average Bonchev–Trinajstić information content (AvgIpc) is 3.17. The zero-order chi connectivity index (χ0) is 16.4. The second kappa shape index (κ2) is 6.10. The van der Waals surface area contributed by atoms with Gasteiger partial charge in [-0.1, -0.05) is 12.1 Å². The van der Waals surface area contributed by atoms with Gasteiger partial charge in [0, 0.05) is 10.6 Å². The van der Waals surface area contributed by atoms with Crippen molar-refractivity contribution >= 4 is 28.9 Å². The van der Waals surface area contributed by atoms with Crippen molar-refractivity contribution in [2.75, 3.05) is 5.32 Å². The molecule has 0 unspecified atom stereocenters. The number of carboxylic acid groups (broad SMARTS) is 1. The smallest absolute Gasteiger partial charge is 0.346 e. The van der Waals surface area contributed by atoms with Gasteiger partial charge in [0.2, 0.25) is 0 Å². The van der Waals surface area contributed by atoms with Crippen LogP contribution in [0.5, 0.6) is 0 Å². The van der Waals surface area contributed by atoms with Gasteiger partial charge in [0.25, 0.3) is 5.91 Å². The van der Waals surface area contributed by atoms with Gasteiger partial charge >= 0.3 is 5.97 Å². The van der Waals surface area contributed by atoms with Crippen molar-refractivity contribution in [3.05, 3.63) is 64.9 Å². The van der Waals surface area contributed by atoms with Crippen LogP contribution in [0.4, 0.5) is 5.69 Å². The lowest BCUT2D eigenvalue weighted by molar-refractivity contribution is 0.0701. The van der Waals surface area contributed by atoms with Crippen molar-refractivity contribution < 1.29 is 19.1 Å². The van der Waals surface area contributed by atoms with Gasteiger partial charge in [-0.25, -0.2) is 4.79 Å². The Kier molecular flexibility index (Phi) is 3.99. The molecule has 0 aliphatic heterocycles. The number of amides is 1. The fourth-order valence-corrected chi connectivity index (χ4v) is 3.17. The molecule has 1 aromatic carbocycles. The number of furan rings is 1. The molecule has 23 heavy (non-hydrogen) atoms. The molecule has 3 rings (SSSR count). The Hall–Kier alpha value is -2.86. The van der Waals surface area contributed by atoms with Crippen LogP contribution < -0.4 is 5.32 Å². The minimum absolute atomic E-state index is 0.244. The molecular formula is C17H13NO4S. The highest BCUT2D eigenvalue weighted by atomic mass is 32.1. The van der Waals surface area contributed by atoms with E-state index in [1.54, 1.807) is 31.2 Å². The van der Waals surface area contributed by atoms with Crippen LogP contribution >= 0.6 is 11.3 Å². The molecule has 116 valence electrons. The van der Waals surface area contributed by atoms with E-state index in [9.17, 15) is 9.59 Å². The third-order valence-electron chi connectivity index (χ3n) is 3.28. The summed E-state index contributed by atoms with van der Waals surface area (Å²) in [6, 6.07) is 12.3. The SMILES string of the molecule is Cc1cc(-c2ccc(NC(=O)c3ccco3)cc2)sc1C(=O)O. The predicted molar refractivity (Wildman–Crippen MR) is 88.1 cm³/mol. The molecule has 3 aromatic rings. The van der Waals surface area contributed by atoms with Crippen LogP contribution in [0.25, 0.3) is 10.4 Å². The number of aromatic carboxylic acids is 1. The van der Waals surface area contributed by atoms with Crippen molar-refractivity contribution in [2.45, 2.75) is 6.92 Å². The first-order valence-corrected chi connectivity index (χ1v) is 7.65. The molecule has 0 aliphatic rings. The molecule has 0 bridgehead atoms. The number of carboxylic acids is 1. The summed E-state index contributed by atoms with van der Waals surface area (Å²) in [5, 5.41) is 11.8. The van der Waals surface area contributed by atoms with E-state index >= 15 is 0 Å². The Labute approximate surface area is 136 Å². The first-order chi connectivity index (χ1) is 11.0. The maximum Gasteiger partial charge on any atom is 0.346 e. The van der Waals surface area contributed by atoms with Crippen LogP contribution in [0.2, 0.25) is 0 Å². The topological polar surface area (TPSA) is 79.5 Å². The monoisotopic (exact) mass is 327 g/mol. The van der Waals surface area contributed by atoms with Gasteiger partial charge in [0.05, 0.1) is 6.26 Å². The van der Waals surface area contributed by atoms with Crippen molar-refractivity contribution in [1.29, 1.82) is 0 Å². The van der Waals surface area contributed by atoms with Crippen LogP contribution in [-0.4, -0.2) is 17.0 Å². The number of nitrogens with one attached hydrogen (secondary N) is 1. The number of rotatable bonds is 4. The number of carbonyl (C=O) groups excluding carboxylic acids is 1. The third-order valence-corrected chi connectivity index (χ3v) is 4.56. The maximum atomic E-state index is 11.9. The lowest BCUT2D eigenvalue weighted by Gasteiger charge is -2.04. The zero-order valence-corrected chi connectivity index (χ0v) is 13.0. The predicted octanol–water partition coefficient (Wildman–Crippen LogP) is 4.27. The second-order valence-electron chi connectivity index (χ2n) is 4.94. The molecule has 0 fully saturated rings. The maximum absolute atomic E-state index is 11.9. The number of carbonyl (C=O) groups is 2. The highest BCUT2D eigenvalue weighted by Gasteiger charge is 2.13. The van der Waals surface area contributed by atoms with E-state index in [-0.39, 0.29) is 11.7 Å². The average molecular weight is 327 g/mol. The Morgan fingerprint density at radius 2 is 1.91 bits per heavy atom. The number of anilines is 1. The first-order valence-electron chi connectivity index (χ1n) is 6.83. The fraction of sp³-hybridized carbons (Fsp3) is 0.0588. The first kappa shape index (κ1) is 15.1. The summed E-state index contributed by atoms with van der Waals surface area (Å²) >= 11 is 1.24. The van der Waals surface area contributed by atoms with Crippen molar-refractivity contribution in [3.8, 4) is 10.4 Å². The second-order valence-corrected chi connectivity index (χ2v) is 5.99. The molecule has 0 spiro atoms. The van der Waals surface area contributed by atoms with Gasteiger partial charge in [-0.15, -0.1) is 11.3 Å². The van der Waals surface area contributed by atoms with Crippen LogP contribution in [-0.2, 0) is 0 Å². The van der Waals surface area contributed by atoms with E-state index in [0.717, 1.165) is 16.0 Å². The van der Waals surface area contributed by atoms with E-state index in [2.05, 4.69) is 5.32 Å². The Morgan fingerprint density at radius 1 is 1.17 bits per heavy atom. The molecule has 0 aliphatic carbocycles. The normalized spacial score (nSPS) is 10.5.